The lowest BCUT2D eigenvalue weighted by Gasteiger charge is -1.94. The quantitative estimate of drug-likeness (QED) is 0.115. The molecule has 0 fully saturated rings. The summed E-state index contributed by atoms with van der Waals surface area (Å²) in [6.45, 7) is 0. The van der Waals surface area contributed by atoms with Crippen molar-refractivity contribution in [3.05, 3.63) is 0 Å². The summed E-state index contributed by atoms with van der Waals surface area (Å²) in [6, 6.07) is 0. The summed E-state index contributed by atoms with van der Waals surface area (Å²) < 4.78 is 8.52. The Balaban J connectivity index is -0.000000131. The Morgan fingerprint density at radius 3 is 0.714 bits per heavy atom. The molecule has 0 aromatic rings. The third kappa shape index (κ3) is 1910. The van der Waals surface area contributed by atoms with Gasteiger partial charge in [-0.15, -0.1) is 41.7 Å². The summed E-state index contributed by atoms with van der Waals surface area (Å²) in [5, 5.41) is 51.0. The van der Waals surface area contributed by atoms with Gasteiger partial charge in [-0.05, 0) is 0 Å². The number of nitrogens with zero attached hydrogens (tertiary/aromatic N) is 2. The predicted octanol–water partition coefficient (Wildman–Crippen LogP) is -4.16. The van der Waals surface area contributed by atoms with E-state index in [-0.39, 0.29) is 0 Å². The van der Waals surface area contributed by atoms with Crippen LogP contribution in [0.25, 0.3) is 0 Å². The molecule has 0 saturated heterocycles. The minimum atomic E-state index is -3.63. The fourth-order valence-electron chi connectivity index (χ4n) is 0. The van der Waals surface area contributed by atoms with Crippen molar-refractivity contribution in [2.24, 2.45) is 0 Å². The molecule has 0 rings (SSSR count). The summed E-state index contributed by atoms with van der Waals surface area (Å²) in [5.41, 5.74) is 0. The van der Waals surface area contributed by atoms with Gasteiger partial charge in [0.15, 0.2) is 0 Å². The van der Waals surface area contributed by atoms with E-state index in [1.807, 2.05) is 0 Å². The Bertz CT molecular complexity index is 112. The highest BCUT2D eigenvalue weighted by Gasteiger charge is 2.08. The van der Waals surface area contributed by atoms with Crippen LogP contribution in [0.2, 0.25) is 0 Å². The maximum absolute atomic E-state index is 8.52. The number of hydrogen-bond donors (Lipinski definition) is 8. The molecule has 0 spiro atoms. The lowest BCUT2D eigenvalue weighted by molar-refractivity contribution is -1.48. The molecule has 0 heterocycles. The fraction of sp³-hybridized carbons (Fsp3) is 0. The van der Waals surface area contributed by atoms with E-state index in [0.717, 1.165) is 0 Å². The van der Waals surface area contributed by atoms with Crippen LogP contribution in [0.3, 0.4) is 0 Å². The molecule has 0 aliphatic carbocycles. The molecular formula is H8N2O11Si. The summed E-state index contributed by atoms with van der Waals surface area (Å²) in [4.78, 5) is 17.0. The smallest absolute Gasteiger partial charge is 0.237 e. The summed E-state index contributed by atoms with van der Waals surface area (Å²) in [6.07, 6.45) is 0. The molecule has 0 atom stereocenters. The Kier molecular flexibility index (Phi) is 10.3. The first-order chi connectivity index (χ1) is 5.73. The van der Waals surface area contributed by atoms with Crippen LogP contribution >= 0.6 is 0 Å². The van der Waals surface area contributed by atoms with Crippen LogP contribution in [0.4, 0.5) is 0 Å². The van der Waals surface area contributed by atoms with Gasteiger partial charge >= 0.3 is 0 Å². The van der Waals surface area contributed by atoms with E-state index in [4.69, 9.17) is 55.7 Å². The molecule has 0 aromatic carbocycles. The maximum Gasteiger partial charge on any atom is 0.237 e. The monoisotopic (exact) mass is 240 g/mol. The van der Waals surface area contributed by atoms with Crippen molar-refractivity contribution in [1.29, 1.82) is 0 Å². The van der Waals surface area contributed by atoms with Gasteiger partial charge in [-0.1, -0.05) is 0 Å². The molecule has 0 aromatic heterocycles. The first-order valence-corrected chi connectivity index (χ1v) is 3.44. The van der Waals surface area contributed by atoms with Gasteiger partial charge in [0.1, 0.15) is 0 Å². The highest BCUT2D eigenvalue weighted by atomic mass is 28.3. The average Bonchev–Trinajstić information content (AvgIpc) is 1.45. The Hall–Kier alpha value is -0.783. The van der Waals surface area contributed by atoms with Crippen LogP contribution in [-0.4, -0.2) is 61.1 Å². The van der Waals surface area contributed by atoms with E-state index in [0.29, 0.717) is 0 Å². The minimum absolute atomic E-state index is 3.00. The molecule has 8 N–H and O–H groups in total. The van der Waals surface area contributed by atoms with Crippen LogP contribution in [-0.2, 0) is 4.46 Å². The van der Waals surface area contributed by atoms with Crippen LogP contribution in [0.5, 0.6) is 0 Å². The molecule has 0 aliphatic rings. The first kappa shape index (κ1) is 18.9. The largest absolute Gasteiger partial charge is 0.672 e. The number of hydrogen-bond acceptors (Lipinski definition) is 11. The van der Waals surface area contributed by atoms with E-state index in [1.165, 1.54) is 0 Å². The van der Waals surface area contributed by atoms with Gasteiger partial charge in [0.25, 0.3) is 0 Å². The molecule has 13 nitrogen and oxygen atoms in total. The Morgan fingerprint density at radius 2 is 0.714 bits per heavy atom. The first-order valence-electron chi connectivity index (χ1n) is 2.21. The van der Waals surface area contributed by atoms with Crippen molar-refractivity contribution in [3.8, 4) is 0 Å². The number of quaternary nitrogens is 2. The summed E-state index contributed by atoms with van der Waals surface area (Å²) in [5.74, 6) is 0. The van der Waals surface area contributed by atoms with Gasteiger partial charge in [0.2, 0.25) is 10.3 Å². The second kappa shape index (κ2) is 7.60. The van der Waals surface area contributed by atoms with E-state index in [2.05, 4.69) is 0 Å². The average molecular weight is 240 g/mol. The molecular weight excluding hydrogens is 232 g/mol. The van der Waals surface area contributed by atoms with Gasteiger partial charge < -0.3 is 14.1 Å². The molecule has 0 unspecified atom stereocenters. The van der Waals surface area contributed by atoms with Crippen LogP contribution in [0.1, 0.15) is 0 Å². The van der Waals surface area contributed by atoms with Gasteiger partial charge in [-0.3, -0.25) is 0 Å². The zero-order valence-electron chi connectivity index (χ0n) is 6.20. The van der Waals surface area contributed by atoms with Crippen molar-refractivity contribution in [3.63, 3.8) is 0 Å². The SMILES string of the molecule is O=[Si]([O-])[O-].O[N+](O)(O)O.O[N+](O)(O)O. The third-order valence-corrected chi connectivity index (χ3v) is 0. The molecule has 0 saturated carbocycles. The van der Waals surface area contributed by atoms with Gasteiger partial charge in [0, 0.05) is 9.17 Å². The molecule has 0 bridgehead atoms. The predicted molar refractivity (Wildman–Crippen MR) is 21.3 cm³/mol. The van der Waals surface area contributed by atoms with Crippen LogP contribution < -0.4 is 9.59 Å². The van der Waals surface area contributed by atoms with Gasteiger partial charge in [0.05, 0.1) is 0 Å². The zero-order chi connectivity index (χ0) is 12.6. The van der Waals surface area contributed by atoms with Gasteiger partial charge in [-0.2, -0.15) is 0 Å². The Labute approximate surface area is 76.4 Å². The zero-order valence-corrected chi connectivity index (χ0v) is 7.20. The summed E-state index contributed by atoms with van der Waals surface area (Å²) >= 11 is 0. The molecule has 0 radical (unpaired) electrons. The number of rotatable bonds is 0. The van der Waals surface area contributed by atoms with E-state index < -0.39 is 19.4 Å². The minimum Gasteiger partial charge on any atom is -0.672 e. The van der Waals surface area contributed by atoms with E-state index in [9.17, 15) is 0 Å². The lowest BCUT2D eigenvalue weighted by atomic mass is 12.8. The Morgan fingerprint density at radius 1 is 0.714 bits per heavy atom. The van der Waals surface area contributed by atoms with E-state index >= 15 is 0 Å². The maximum atomic E-state index is 8.52. The van der Waals surface area contributed by atoms with Crippen LogP contribution in [0.15, 0.2) is 0 Å². The molecule has 0 aliphatic heterocycles. The molecule has 14 heavy (non-hydrogen) atoms. The van der Waals surface area contributed by atoms with Crippen molar-refractivity contribution in [1.82, 2.24) is 0 Å². The van der Waals surface area contributed by atoms with E-state index in [1.54, 1.807) is 0 Å². The standard InChI is InChI=1S/2H4NO4.O3Si/c2*2-1(3,4)5;1-4(2)3/h2*2-5H;/q2*+1;-2. The summed E-state index contributed by atoms with van der Waals surface area (Å²) in [7, 11) is -3.63. The molecule has 0 amide bonds. The highest BCUT2D eigenvalue weighted by Crippen LogP contribution is 1.69. The lowest BCUT2D eigenvalue weighted by Crippen LogP contribution is -2.34. The fourth-order valence-corrected chi connectivity index (χ4v) is 0. The second-order valence-electron chi connectivity index (χ2n) is 1.32. The topological polar surface area (TPSA) is 225 Å². The van der Waals surface area contributed by atoms with Crippen molar-refractivity contribution in [2.75, 3.05) is 0 Å². The normalized spacial score (nSPS) is 10.3. The molecule has 88 valence electrons. The van der Waals surface area contributed by atoms with Crippen LogP contribution in [0, 0.1) is 0 Å². The highest BCUT2D eigenvalue weighted by molar-refractivity contribution is 6.17. The second-order valence-corrected chi connectivity index (χ2v) is 1.82. The third-order valence-electron chi connectivity index (χ3n) is 0. The molecule has 14 heteroatoms. The van der Waals surface area contributed by atoms with Crippen molar-refractivity contribution in [2.45, 2.75) is 0 Å². The van der Waals surface area contributed by atoms with Gasteiger partial charge in [-0.25, -0.2) is 0 Å². The van der Waals surface area contributed by atoms with Crippen molar-refractivity contribution < 1.29 is 66.0 Å². The van der Waals surface area contributed by atoms with Crippen molar-refractivity contribution >= 4 is 9.17 Å².